The number of carbonyl (C=O) groups excluding carboxylic acids is 1. The number of hydrogen-bond acceptors (Lipinski definition) is 4. The number of piperazine rings is 1. The quantitative estimate of drug-likeness (QED) is 0.712. The molecule has 2 fully saturated rings. The van der Waals surface area contributed by atoms with Crippen molar-refractivity contribution in [3.05, 3.63) is 0 Å². The van der Waals surface area contributed by atoms with Gasteiger partial charge in [-0.3, -0.25) is 4.79 Å². The number of carboxylic acid groups (broad SMARTS) is 1. The van der Waals surface area contributed by atoms with Crippen LogP contribution in [0.4, 0.5) is 4.79 Å². The van der Waals surface area contributed by atoms with Crippen LogP contribution in [-0.2, 0) is 9.53 Å². The Bertz CT molecular complexity index is 363. The topological polar surface area (TPSA) is 82.1 Å². The second-order valence-corrected chi connectivity index (χ2v) is 5.31. The lowest BCUT2D eigenvalue weighted by Crippen LogP contribution is -2.61. The lowest BCUT2D eigenvalue weighted by molar-refractivity contribution is -0.148. The molecule has 2 N–H and O–H groups in total. The largest absolute Gasteiger partial charge is 0.465 e. The summed E-state index contributed by atoms with van der Waals surface area (Å²) in [6.45, 7) is 6.05. The van der Waals surface area contributed by atoms with E-state index in [2.05, 4.69) is 5.32 Å². The zero-order valence-corrected chi connectivity index (χ0v) is 11.3. The van der Waals surface area contributed by atoms with E-state index in [1.807, 2.05) is 13.8 Å². The fraction of sp³-hybridized carbons (Fsp3) is 0.833. The monoisotopic (exact) mass is 271 g/mol. The normalized spacial score (nSPS) is 32.5. The molecule has 2 saturated heterocycles. The van der Waals surface area contributed by atoms with Gasteiger partial charge in [-0.2, -0.15) is 0 Å². The summed E-state index contributed by atoms with van der Waals surface area (Å²) in [7, 11) is 0. The molecule has 2 rings (SSSR count). The molecule has 7 nitrogen and oxygen atoms in total. The van der Waals surface area contributed by atoms with Gasteiger partial charge in [-0.25, -0.2) is 4.79 Å². The molecule has 3 atom stereocenters. The number of nitrogens with one attached hydrogen (secondary N) is 1. The van der Waals surface area contributed by atoms with E-state index < -0.39 is 6.09 Å². The van der Waals surface area contributed by atoms with Gasteiger partial charge in [0.2, 0.25) is 5.91 Å². The second-order valence-electron chi connectivity index (χ2n) is 5.31. The Morgan fingerprint density at radius 3 is 2.89 bits per heavy atom. The molecule has 0 saturated carbocycles. The molecule has 2 aliphatic rings. The van der Waals surface area contributed by atoms with E-state index in [9.17, 15) is 9.59 Å². The van der Waals surface area contributed by atoms with E-state index in [1.54, 1.807) is 4.90 Å². The van der Waals surface area contributed by atoms with E-state index in [4.69, 9.17) is 9.84 Å². The molecule has 19 heavy (non-hydrogen) atoms. The Balaban J connectivity index is 1.92. The van der Waals surface area contributed by atoms with E-state index in [0.717, 1.165) is 0 Å². The van der Waals surface area contributed by atoms with Crippen LogP contribution in [0.2, 0.25) is 0 Å². The molecule has 0 radical (unpaired) electrons. The lowest BCUT2D eigenvalue weighted by Gasteiger charge is -2.40. The summed E-state index contributed by atoms with van der Waals surface area (Å²) in [6, 6.07) is -0.0467. The molecular formula is C12H21N3O4. The van der Waals surface area contributed by atoms with Crippen LogP contribution in [0.15, 0.2) is 0 Å². The Morgan fingerprint density at radius 1 is 1.47 bits per heavy atom. The molecule has 0 aromatic rings. The van der Waals surface area contributed by atoms with Crippen molar-refractivity contribution in [2.45, 2.75) is 32.0 Å². The molecule has 108 valence electrons. The highest BCUT2D eigenvalue weighted by Crippen LogP contribution is 2.11. The number of ether oxygens (including phenoxy) is 1. The van der Waals surface area contributed by atoms with Crippen molar-refractivity contribution in [2.75, 3.05) is 32.8 Å². The minimum absolute atomic E-state index is 0.0125. The van der Waals surface area contributed by atoms with E-state index >= 15 is 0 Å². The van der Waals surface area contributed by atoms with Crippen LogP contribution in [0.1, 0.15) is 13.8 Å². The van der Waals surface area contributed by atoms with Crippen molar-refractivity contribution < 1.29 is 19.4 Å². The smallest absolute Gasteiger partial charge is 0.407 e. The van der Waals surface area contributed by atoms with Crippen molar-refractivity contribution in [3.63, 3.8) is 0 Å². The van der Waals surface area contributed by atoms with Gasteiger partial charge in [0.15, 0.2) is 0 Å². The number of hydrogen-bond donors (Lipinski definition) is 2. The molecule has 7 heteroatoms. The Morgan fingerprint density at radius 2 is 2.21 bits per heavy atom. The van der Waals surface area contributed by atoms with Crippen LogP contribution in [0.3, 0.4) is 0 Å². The first kappa shape index (κ1) is 14.1. The van der Waals surface area contributed by atoms with E-state index in [-0.39, 0.29) is 30.7 Å². The van der Waals surface area contributed by atoms with Gasteiger partial charge < -0.3 is 25.0 Å². The molecule has 0 aromatic carbocycles. The van der Waals surface area contributed by atoms with Crippen LogP contribution in [0.25, 0.3) is 0 Å². The fourth-order valence-electron chi connectivity index (χ4n) is 2.53. The average molecular weight is 271 g/mol. The Labute approximate surface area is 112 Å². The summed E-state index contributed by atoms with van der Waals surface area (Å²) in [5.74, 6) is -0.0274. The number of rotatable bonds is 2. The van der Waals surface area contributed by atoms with Crippen LogP contribution >= 0.6 is 0 Å². The van der Waals surface area contributed by atoms with Crippen molar-refractivity contribution in [1.82, 2.24) is 15.1 Å². The second kappa shape index (κ2) is 5.75. The Hall–Kier alpha value is -1.34. The summed E-state index contributed by atoms with van der Waals surface area (Å²) >= 11 is 0. The fourth-order valence-corrected chi connectivity index (χ4v) is 2.53. The minimum Gasteiger partial charge on any atom is -0.465 e. The number of carbonyl (C=O) groups is 2. The molecular weight excluding hydrogens is 250 g/mol. The highest BCUT2D eigenvalue weighted by atomic mass is 16.5. The van der Waals surface area contributed by atoms with Crippen LogP contribution in [0, 0.1) is 0 Å². The molecule has 0 spiro atoms. The number of nitrogens with zero attached hydrogens (tertiary/aromatic N) is 2. The van der Waals surface area contributed by atoms with Crippen molar-refractivity contribution in [3.8, 4) is 0 Å². The van der Waals surface area contributed by atoms with Crippen molar-refractivity contribution in [1.29, 1.82) is 0 Å². The molecule has 0 aliphatic carbocycles. The van der Waals surface area contributed by atoms with Gasteiger partial charge in [0, 0.05) is 38.3 Å². The number of amides is 2. The summed E-state index contributed by atoms with van der Waals surface area (Å²) < 4.78 is 5.27. The summed E-state index contributed by atoms with van der Waals surface area (Å²) in [4.78, 5) is 26.0. The highest BCUT2D eigenvalue weighted by molar-refractivity contribution is 5.78. The predicted molar refractivity (Wildman–Crippen MR) is 68.0 cm³/mol. The third kappa shape index (κ3) is 3.36. The summed E-state index contributed by atoms with van der Waals surface area (Å²) in [6.07, 6.45) is -0.864. The van der Waals surface area contributed by atoms with Gasteiger partial charge in [0.05, 0.1) is 6.10 Å². The van der Waals surface area contributed by atoms with Crippen LogP contribution < -0.4 is 5.32 Å². The lowest BCUT2D eigenvalue weighted by atomic mass is 10.1. The maximum atomic E-state index is 11.7. The first-order valence-electron chi connectivity index (χ1n) is 6.59. The minimum atomic E-state index is -0.902. The maximum Gasteiger partial charge on any atom is 0.407 e. The standard InChI is InChI=1S/C12H21N3O4/c1-8-3-13-10(6-15(8)12(17)18)5-14-4-9(2)19-7-11(14)16/h8-10,13H,3-7H2,1-2H3,(H,17,18)/t8-,9+,10+/m1/s1. The first-order valence-corrected chi connectivity index (χ1v) is 6.59. The highest BCUT2D eigenvalue weighted by Gasteiger charge is 2.32. The van der Waals surface area contributed by atoms with E-state index in [0.29, 0.717) is 26.2 Å². The molecule has 2 heterocycles. The van der Waals surface area contributed by atoms with Gasteiger partial charge in [-0.1, -0.05) is 0 Å². The van der Waals surface area contributed by atoms with Gasteiger partial charge in [0.1, 0.15) is 6.61 Å². The SMILES string of the molecule is C[C@@H]1CN[C@@H](CN2C[C@H](C)OCC2=O)CN1C(=O)O. The molecule has 0 aromatic heterocycles. The van der Waals surface area contributed by atoms with Gasteiger partial charge >= 0.3 is 6.09 Å². The van der Waals surface area contributed by atoms with Crippen LogP contribution in [-0.4, -0.2) is 77.9 Å². The molecule has 2 amide bonds. The maximum absolute atomic E-state index is 11.7. The molecule has 2 aliphatic heterocycles. The van der Waals surface area contributed by atoms with Crippen molar-refractivity contribution in [2.24, 2.45) is 0 Å². The number of morpholine rings is 1. The van der Waals surface area contributed by atoms with Crippen molar-refractivity contribution >= 4 is 12.0 Å². The third-order valence-electron chi connectivity index (χ3n) is 3.66. The predicted octanol–water partition coefficient (Wildman–Crippen LogP) is -0.426. The third-order valence-corrected chi connectivity index (χ3v) is 3.66. The zero-order chi connectivity index (χ0) is 14.0. The van der Waals surface area contributed by atoms with E-state index in [1.165, 1.54) is 4.90 Å². The zero-order valence-electron chi connectivity index (χ0n) is 11.3. The summed E-state index contributed by atoms with van der Waals surface area (Å²) in [5.41, 5.74) is 0. The van der Waals surface area contributed by atoms with Gasteiger partial charge in [0.25, 0.3) is 0 Å². The van der Waals surface area contributed by atoms with Crippen LogP contribution in [0.5, 0.6) is 0 Å². The Kier molecular flexibility index (Phi) is 4.26. The summed E-state index contributed by atoms with van der Waals surface area (Å²) in [5, 5.41) is 12.4. The molecule has 0 unspecified atom stereocenters. The average Bonchev–Trinajstić information content (AvgIpc) is 2.36. The van der Waals surface area contributed by atoms with Gasteiger partial charge in [-0.05, 0) is 13.8 Å². The van der Waals surface area contributed by atoms with Gasteiger partial charge in [-0.15, -0.1) is 0 Å². The first-order chi connectivity index (χ1) is 8.97. The molecule has 0 bridgehead atoms.